The van der Waals surface area contributed by atoms with Crippen LogP contribution >= 0.6 is 15.9 Å². The van der Waals surface area contributed by atoms with Crippen molar-refractivity contribution in [2.45, 2.75) is 25.7 Å². The van der Waals surface area contributed by atoms with Crippen LogP contribution in [0.15, 0.2) is 71.9 Å². The third-order valence-corrected chi connectivity index (χ3v) is 5.48. The molecular formula is C23H27BrN2. The van der Waals surface area contributed by atoms with E-state index in [9.17, 15) is 0 Å². The van der Waals surface area contributed by atoms with Crippen molar-refractivity contribution in [3.63, 3.8) is 0 Å². The number of benzene rings is 2. The Morgan fingerprint density at radius 3 is 2.73 bits per heavy atom. The molecule has 26 heavy (non-hydrogen) atoms. The Kier molecular flexibility index (Phi) is 6.70. The van der Waals surface area contributed by atoms with E-state index in [-0.39, 0.29) is 0 Å². The number of para-hydroxylation sites is 1. The smallest absolute Gasteiger partial charge is 0.0597 e. The zero-order valence-electron chi connectivity index (χ0n) is 15.5. The summed E-state index contributed by atoms with van der Waals surface area (Å²) >= 11 is 3.66. The van der Waals surface area contributed by atoms with Crippen LogP contribution in [0.1, 0.15) is 24.8 Å². The molecule has 0 unspecified atom stereocenters. The van der Waals surface area contributed by atoms with Crippen molar-refractivity contribution in [2.24, 2.45) is 0 Å². The number of nitrogens with zero attached hydrogens (tertiary/aromatic N) is 2. The molecule has 3 aromatic rings. The molecule has 0 aliphatic rings. The Balaban J connectivity index is 1.60. The standard InChI is InChI=1S/C23H27BrN2/c1-3-15-25(2)16-8-4-5-9-19-12-13-22-20(18-19)14-17-26(22)23-11-7-6-10-21(23)24/h3,6-7,10-14,17-18H,1,4-5,8-9,15-16H2,2H3. The monoisotopic (exact) mass is 410 g/mol. The van der Waals surface area contributed by atoms with Crippen molar-refractivity contribution in [2.75, 3.05) is 20.1 Å². The number of unbranched alkanes of at least 4 members (excludes halogenated alkanes) is 2. The molecule has 0 aliphatic carbocycles. The van der Waals surface area contributed by atoms with E-state index in [0.29, 0.717) is 0 Å². The number of hydrogen-bond donors (Lipinski definition) is 0. The van der Waals surface area contributed by atoms with Crippen LogP contribution in [0.2, 0.25) is 0 Å². The van der Waals surface area contributed by atoms with E-state index in [1.165, 1.54) is 41.4 Å². The summed E-state index contributed by atoms with van der Waals surface area (Å²) in [6.07, 6.45) is 9.06. The van der Waals surface area contributed by atoms with Crippen molar-refractivity contribution in [3.05, 3.63) is 77.4 Å². The van der Waals surface area contributed by atoms with Gasteiger partial charge in [0.15, 0.2) is 0 Å². The van der Waals surface area contributed by atoms with Crippen molar-refractivity contribution < 1.29 is 0 Å². The van der Waals surface area contributed by atoms with Gasteiger partial charge in [-0.3, -0.25) is 0 Å². The second kappa shape index (κ2) is 9.20. The number of hydrogen-bond acceptors (Lipinski definition) is 1. The summed E-state index contributed by atoms with van der Waals surface area (Å²) in [6.45, 7) is 5.92. The van der Waals surface area contributed by atoms with Crippen LogP contribution < -0.4 is 0 Å². The summed E-state index contributed by atoms with van der Waals surface area (Å²) in [5.74, 6) is 0. The van der Waals surface area contributed by atoms with E-state index in [4.69, 9.17) is 0 Å². The number of halogens is 1. The first kappa shape index (κ1) is 18.9. The van der Waals surface area contributed by atoms with Crippen molar-refractivity contribution >= 4 is 26.8 Å². The molecule has 1 heterocycles. The van der Waals surface area contributed by atoms with Crippen molar-refractivity contribution in [3.8, 4) is 5.69 Å². The van der Waals surface area contributed by atoms with Gasteiger partial charge in [0, 0.05) is 22.6 Å². The molecule has 0 bridgehead atoms. The molecular weight excluding hydrogens is 384 g/mol. The summed E-state index contributed by atoms with van der Waals surface area (Å²) in [6, 6.07) is 17.4. The molecule has 0 atom stereocenters. The molecule has 0 amide bonds. The molecule has 0 N–H and O–H groups in total. The number of fused-ring (bicyclic) bond motifs is 1. The van der Waals surface area contributed by atoms with Gasteiger partial charge in [-0.15, -0.1) is 6.58 Å². The van der Waals surface area contributed by atoms with E-state index in [2.05, 4.69) is 87.7 Å². The van der Waals surface area contributed by atoms with Crippen LogP contribution in [0.25, 0.3) is 16.6 Å². The summed E-state index contributed by atoms with van der Waals surface area (Å²) < 4.78 is 3.36. The maximum Gasteiger partial charge on any atom is 0.0597 e. The fourth-order valence-electron chi connectivity index (χ4n) is 3.40. The van der Waals surface area contributed by atoms with Gasteiger partial charge in [-0.25, -0.2) is 0 Å². The average molecular weight is 411 g/mol. The summed E-state index contributed by atoms with van der Waals surface area (Å²) in [7, 11) is 2.16. The Morgan fingerprint density at radius 1 is 1.08 bits per heavy atom. The minimum atomic E-state index is 0.977. The van der Waals surface area contributed by atoms with Gasteiger partial charge in [0.1, 0.15) is 0 Å². The molecule has 2 nitrogen and oxygen atoms in total. The molecule has 0 saturated heterocycles. The third kappa shape index (κ3) is 4.66. The number of rotatable bonds is 9. The minimum absolute atomic E-state index is 0.977. The predicted molar refractivity (Wildman–Crippen MR) is 116 cm³/mol. The Morgan fingerprint density at radius 2 is 1.92 bits per heavy atom. The van der Waals surface area contributed by atoms with Gasteiger partial charge in [-0.1, -0.05) is 30.7 Å². The molecule has 0 aliphatic heterocycles. The number of aromatic nitrogens is 1. The van der Waals surface area contributed by atoms with Crippen molar-refractivity contribution in [1.82, 2.24) is 9.47 Å². The highest BCUT2D eigenvalue weighted by Gasteiger charge is 2.07. The maximum absolute atomic E-state index is 3.79. The summed E-state index contributed by atoms with van der Waals surface area (Å²) in [5, 5.41) is 1.31. The van der Waals surface area contributed by atoms with Crippen LogP contribution in [0.4, 0.5) is 0 Å². The zero-order chi connectivity index (χ0) is 18.4. The van der Waals surface area contributed by atoms with Crippen LogP contribution in [0.5, 0.6) is 0 Å². The van der Waals surface area contributed by atoms with Gasteiger partial charge in [0.25, 0.3) is 0 Å². The fraction of sp³-hybridized carbons (Fsp3) is 0.304. The van der Waals surface area contributed by atoms with Crippen LogP contribution in [0.3, 0.4) is 0 Å². The Hall–Kier alpha value is -1.84. The SMILES string of the molecule is C=CCN(C)CCCCCc1ccc2c(ccn2-c2ccccc2Br)c1. The van der Waals surface area contributed by atoms with E-state index in [0.717, 1.165) is 24.0 Å². The van der Waals surface area contributed by atoms with Gasteiger partial charge < -0.3 is 9.47 Å². The second-order valence-electron chi connectivity index (χ2n) is 6.89. The predicted octanol–water partition coefficient (Wildman–Crippen LogP) is 6.22. The summed E-state index contributed by atoms with van der Waals surface area (Å²) in [4.78, 5) is 2.32. The van der Waals surface area contributed by atoms with Gasteiger partial charge in [-0.05, 0) is 84.7 Å². The van der Waals surface area contributed by atoms with Crippen LogP contribution in [0, 0.1) is 0 Å². The molecule has 0 fully saturated rings. The minimum Gasteiger partial charge on any atom is -0.315 e. The highest BCUT2D eigenvalue weighted by Crippen LogP contribution is 2.27. The highest BCUT2D eigenvalue weighted by molar-refractivity contribution is 9.10. The third-order valence-electron chi connectivity index (χ3n) is 4.81. The lowest BCUT2D eigenvalue weighted by Gasteiger charge is -2.13. The molecule has 0 spiro atoms. The number of aryl methyl sites for hydroxylation is 1. The first-order chi connectivity index (χ1) is 12.7. The molecule has 136 valence electrons. The first-order valence-electron chi connectivity index (χ1n) is 9.33. The topological polar surface area (TPSA) is 8.17 Å². The normalized spacial score (nSPS) is 11.3. The van der Waals surface area contributed by atoms with Gasteiger partial charge in [0.2, 0.25) is 0 Å². The van der Waals surface area contributed by atoms with Gasteiger partial charge in [0.05, 0.1) is 11.2 Å². The molecule has 0 saturated carbocycles. The average Bonchev–Trinajstić information content (AvgIpc) is 3.05. The van der Waals surface area contributed by atoms with Gasteiger partial charge in [-0.2, -0.15) is 0 Å². The largest absolute Gasteiger partial charge is 0.315 e. The van der Waals surface area contributed by atoms with Crippen LogP contribution in [-0.2, 0) is 6.42 Å². The first-order valence-corrected chi connectivity index (χ1v) is 10.1. The fourth-order valence-corrected chi connectivity index (χ4v) is 3.88. The molecule has 2 aromatic carbocycles. The maximum atomic E-state index is 3.79. The molecule has 1 aromatic heterocycles. The number of likely N-dealkylation sites (N-methyl/N-ethyl adjacent to an activating group) is 1. The lowest BCUT2D eigenvalue weighted by atomic mass is 10.1. The van der Waals surface area contributed by atoms with E-state index in [1.807, 2.05) is 12.1 Å². The van der Waals surface area contributed by atoms with E-state index < -0.39 is 0 Å². The van der Waals surface area contributed by atoms with Crippen molar-refractivity contribution in [1.29, 1.82) is 0 Å². The lowest BCUT2D eigenvalue weighted by Crippen LogP contribution is -2.19. The highest BCUT2D eigenvalue weighted by atomic mass is 79.9. The van der Waals surface area contributed by atoms with E-state index >= 15 is 0 Å². The van der Waals surface area contributed by atoms with Gasteiger partial charge >= 0.3 is 0 Å². The molecule has 0 radical (unpaired) electrons. The second-order valence-corrected chi connectivity index (χ2v) is 7.75. The quantitative estimate of drug-likeness (QED) is 0.300. The Labute approximate surface area is 165 Å². The Bertz CT molecular complexity index is 866. The molecule has 3 rings (SSSR count). The van der Waals surface area contributed by atoms with Crippen LogP contribution in [-0.4, -0.2) is 29.6 Å². The zero-order valence-corrected chi connectivity index (χ0v) is 17.1. The molecule has 3 heteroatoms. The van der Waals surface area contributed by atoms with E-state index in [1.54, 1.807) is 0 Å². The summed E-state index contributed by atoms with van der Waals surface area (Å²) in [5.41, 5.74) is 3.87. The lowest BCUT2D eigenvalue weighted by molar-refractivity contribution is 0.358.